The third-order valence-electron chi connectivity index (χ3n) is 2.61. The third kappa shape index (κ3) is 5.93. The lowest BCUT2D eigenvalue weighted by molar-refractivity contribution is -0.138. The molecule has 0 aliphatic carbocycles. The summed E-state index contributed by atoms with van der Waals surface area (Å²) in [5, 5.41) is 3.64. The number of hydrogen-bond donors (Lipinski definition) is 2. The van der Waals surface area contributed by atoms with Crippen LogP contribution in [0.15, 0.2) is 17.1 Å². The molecule has 1 aromatic heterocycles. The van der Waals surface area contributed by atoms with E-state index in [9.17, 15) is 27.6 Å². The summed E-state index contributed by atoms with van der Waals surface area (Å²) in [7, 11) is 0. The van der Waals surface area contributed by atoms with Crippen molar-refractivity contribution in [2.75, 3.05) is 6.54 Å². The lowest BCUT2D eigenvalue weighted by Crippen LogP contribution is -2.43. The minimum atomic E-state index is -4.72. The predicted octanol–water partition coefficient (Wildman–Crippen LogP) is 2.00. The van der Waals surface area contributed by atoms with Crippen LogP contribution >= 0.6 is 11.6 Å². The van der Waals surface area contributed by atoms with E-state index < -0.39 is 40.8 Å². The van der Waals surface area contributed by atoms with E-state index in [-0.39, 0.29) is 5.92 Å². The molecule has 0 radical (unpaired) electrons. The molecule has 0 spiro atoms. The molecule has 1 rings (SSSR count). The molecule has 0 saturated heterocycles. The molecule has 10 heteroatoms. The van der Waals surface area contributed by atoms with Crippen molar-refractivity contribution in [3.05, 3.63) is 33.2 Å². The number of nitrogens with zero attached hydrogens (tertiary/aromatic N) is 1. The quantitative estimate of drug-likeness (QED) is 0.869. The predicted molar refractivity (Wildman–Crippen MR) is 77.1 cm³/mol. The summed E-state index contributed by atoms with van der Waals surface area (Å²) in [6.07, 6.45) is -4.25. The van der Waals surface area contributed by atoms with Crippen LogP contribution in [0.4, 0.5) is 18.0 Å². The van der Waals surface area contributed by atoms with Crippen molar-refractivity contribution >= 4 is 23.5 Å². The van der Waals surface area contributed by atoms with Crippen molar-refractivity contribution in [1.29, 1.82) is 0 Å². The van der Waals surface area contributed by atoms with E-state index in [0.29, 0.717) is 23.4 Å². The Morgan fingerprint density at radius 2 is 1.96 bits per heavy atom. The number of carbonyl (C=O) groups excluding carboxylic acids is 2. The summed E-state index contributed by atoms with van der Waals surface area (Å²) in [6, 6.07) is -0.317. The van der Waals surface area contributed by atoms with Crippen LogP contribution in [0.5, 0.6) is 0 Å². The molecule has 0 fully saturated rings. The number of alkyl halides is 3. The topological polar surface area (TPSA) is 80.2 Å². The molecule has 0 atom stereocenters. The van der Waals surface area contributed by atoms with E-state index in [0.717, 1.165) is 0 Å². The molecule has 0 aliphatic rings. The summed E-state index contributed by atoms with van der Waals surface area (Å²) >= 11 is 5.45. The minimum Gasteiger partial charge on any atom is -0.338 e. The fourth-order valence-electron chi connectivity index (χ4n) is 1.53. The standard InChI is InChI=1S/C13H15ClF3N3O3/c1-7(2)4-18-12(23)19-10(21)6-20-5-8(13(15,16)17)3-9(14)11(20)22/h3,5,7H,4,6H2,1-2H3,(H2,18,19,21,23). The highest BCUT2D eigenvalue weighted by atomic mass is 35.5. The first-order valence-corrected chi connectivity index (χ1v) is 6.93. The number of amides is 3. The maximum atomic E-state index is 12.7. The van der Waals surface area contributed by atoms with Gasteiger partial charge in [-0.25, -0.2) is 4.79 Å². The third-order valence-corrected chi connectivity index (χ3v) is 2.88. The molecule has 1 aromatic rings. The van der Waals surface area contributed by atoms with Gasteiger partial charge in [-0.05, 0) is 12.0 Å². The summed E-state index contributed by atoms with van der Waals surface area (Å²) in [5.74, 6) is -0.788. The van der Waals surface area contributed by atoms with Crippen LogP contribution in [0.3, 0.4) is 0 Å². The molecule has 0 aromatic carbocycles. The highest BCUT2D eigenvalue weighted by Crippen LogP contribution is 2.29. The Hall–Kier alpha value is -2.03. The lowest BCUT2D eigenvalue weighted by Gasteiger charge is -2.12. The maximum Gasteiger partial charge on any atom is 0.417 e. The van der Waals surface area contributed by atoms with Gasteiger partial charge in [-0.1, -0.05) is 25.4 Å². The van der Waals surface area contributed by atoms with Crippen LogP contribution in [-0.2, 0) is 17.5 Å². The lowest BCUT2D eigenvalue weighted by atomic mass is 10.2. The van der Waals surface area contributed by atoms with Gasteiger partial charge in [0.05, 0.1) is 5.56 Å². The van der Waals surface area contributed by atoms with Crippen LogP contribution < -0.4 is 16.2 Å². The second-order valence-corrected chi connectivity index (χ2v) is 5.57. The van der Waals surface area contributed by atoms with Gasteiger partial charge < -0.3 is 9.88 Å². The molecule has 23 heavy (non-hydrogen) atoms. The molecule has 0 saturated carbocycles. The molecular weight excluding hydrogens is 339 g/mol. The Labute approximate surface area is 134 Å². The van der Waals surface area contributed by atoms with Gasteiger partial charge in [0.2, 0.25) is 5.91 Å². The number of rotatable bonds is 4. The van der Waals surface area contributed by atoms with Crippen molar-refractivity contribution < 1.29 is 22.8 Å². The minimum absolute atomic E-state index is 0.153. The first kappa shape index (κ1) is 19.0. The Bertz CT molecular complexity index is 656. The smallest absolute Gasteiger partial charge is 0.338 e. The first-order valence-electron chi connectivity index (χ1n) is 6.55. The second kappa shape index (κ2) is 7.49. The van der Waals surface area contributed by atoms with E-state index in [2.05, 4.69) is 5.32 Å². The van der Waals surface area contributed by atoms with Crippen molar-refractivity contribution in [3.8, 4) is 0 Å². The molecule has 0 aliphatic heterocycles. The van der Waals surface area contributed by atoms with Gasteiger partial charge in [0, 0.05) is 12.7 Å². The van der Waals surface area contributed by atoms with E-state index in [1.807, 2.05) is 19.2 Å². The van der Waals surface area contributed by atoms with Gasteiger partial charge in [-0.2, -0.15) is 13.2 Å². The SMILES string of the molecule is CC(C)CNC(=O)NC(=O)Cn1cc(C(F)(F)F)cc(Cl)c1=O. The zero-order valence-corrected chi connectivity index (χ0v) is 13.1. The average Bonchev–Trinajstić information content (AvgIpc) is 2.40. The summed E-state index contributed by atoms with van der Waals surface area (Å²) < 4.78 is 38.5. The van der Waals surface area contributed by atoms with Crippen LogP contribution in [0.2, 0.25) is 5.02 Å². The van der Waals surface area contributed by atoms with Crippen LogP contribution in [-0.4, -0.2) is 23.1 Å². The molecule has 0 unspecified atom stereocenters. The Kier molecular flexibility index (Phi) is 6.20. The number of hydrogen-bond acceptors (Lipinski definition) is 3. The van der Waals surface area contributed by atoms with Crippen LogP contribution in [0, 0.1) is 5.92 Å². The molecule has 2 N–H and O–H groups in total. The average molecular weight is 354 g/mol. The highest BCUT2D eigenvalue weighted by Gasteiger charge is 2.32. The Morgan fingerprint density at radius 1 is 1.35 bits per heavy atom. The number of halogens is 4. The molecule has 6 nitrogen and oxygen atoms in total. The fraction of sp³-hybridized carbons (Fsp3) is 0.462. The van der Waals surface area contributed by atoms with Crippen LogP contribution in [0.25, 0.3) is 0 Å². The number of aromatic nitrogens is 1. The molecule has 3 amide bonds. The molecular formula is C13H15ClF3N3O3. The van der Waals surface area contributed by atoms with Crippen molar-refractivity contribution in [3.63, 3.8) is 0 Å². The summed E-state index contributed by atoms with van der Waals surface area (Å²) in [6.45, 7) is 3.23. The Morgan fingerprint density at radius 3 is 2.48 bits per heavy atom. The zero-order valence-electron chi connectivity index (χ0n) is 12.3. The molecule has 1 heterocycles. The van der Waals surface area contributed by atoms with E-state index >= 15 is 0 Å². The van der Waals surface area contributed by atoms with Crippen LogP contribution in [0.1, 0.15) is 19.4 Å². The van der Waals surface area contributed by atoms with E-state index in [4.69, 9.17) is 11.6 Å². The van der Waals surface area contributed by atoms with Gasteiger partial charge in [0.15, 0.2) is 0 Å². The van der Waals surface area contributed by atoms with Gasteiger partial charge in [-0.15, -0.1) is 0 Å². The van der Waals surface area contributed by atoms with E-state index in [1.165, 1.54) is 0 Å². The van der Waals surface area contributed by atoms with Crippen molar-refractivity contribution in [1.82, 2.24) is 15.2 Å². The number of imide groups is 1. The van der Waals surface area contributed by atoms with Gasteiger partial charge in [-0.3, -0.25) is 14.9 Å². The zero-order chi connectivity index (χ0) is 17.8. The monoisotopic (exact) mass is 353 g/mol. The number of nitrogens with one attached hydrogen (secondary N) is 2. The second-order valence-electron chi connectivity index (χ2n) is 5.16. The molecule has 0 bridgehead atoms. The highest BCUT2D eigenvalue weighted by molar-refractivity contribution is 6.30. The van der Waals surface area contributed by atoms with Gasteiger partial charge >= 0.3 is 12.2 Å². The largest absolute Gasteiger partial charge is 0.417 e. The van der Waals surface area contributed by atoms with E-state index in [1.54, 1.807) is 0 Å². The van der Waals surface area contributed by atoms with Gasteiger partial charge in [0.25, 0.3) is 5.56 Å². The number of carbonyl (C=O) groups is 2. The molecule has 128 valence electrons. The Balaban J connectivity index is 2.84. The van der Waals surface area contributed by atoms with Crippen molar-refractivity contribution in [2.24, 2.45) is 5.92 Å². The number of pyridine rings is 1. The normalized spacial score (nSPS) is 11.4. The van der Waals surface area contributed by atoms with Gasteiger partial charge in [0.1, 0.15) is 11.6 Å². The number of urea groups is 1. The summed E-state index contributed by atoms with van der Waals surface area (Å²) in [4.78, 5) is 34.7. The maximum absolute atomic E-state index is 12.7. The first-order chi connectivity index (χ1) is 10.5. The van der Waals surface area contributed by atoms with Crippen molar-refractivity contribution in [2.45, 2.75) is 26.6 Å². The summed E-state index contributed by atoms with van der Waals surface area (Å²) in [5.41, 5.74) is -2.13. The fourth-order valence-corrected chi connectivity index (χ4v) is 1.76.